The second-order valence-electron chi connectivity index (χ2n) is 5.13. The lowest BCUT2D eigenvalue weighted by Crippen LogP contribution is -2.17. The SMILES string of the molecule is CCOC(=O)CC[C@@H](CCCCC[C@@H]1CO1)OCOC. The number of unbranched alkanes of at least 4 members (excludes halogenated alkanes) is 2. The van der Waals surface area contributed by atoms with Crippen LogP contribution in [0, 0.1) is 0 Å². The minimum absolute atomic E-state index is 0.0801. The van der Waals surface area contributed by atoms with Crippen LogP contribution < -0.4 is 0 Å². The van der Waals surface area contributed by atoms with E-state index in [1.807, 2.05) is 6.92 Å². The molecule has 1 aliphatic rings. The van der Waals surface area contributed by atoms with Crippen molar-refractivity contribution in [2.75, 3.05) is 27.1 Å². The maximum absolute atomic E-state index is 11.4. The summed E-state index contributed by atoms with van der Waals surface area (Å²) in [6, 6.07) is 0. The molecule has 1 rings (SSSR count). The van der Waals surface area contributed by atoms with Gasteiger partial charge in [-0.2, -0.15) is 0 Å². The first kappa shape index (κ1) is 17.4. The smallest absolute Gasteiger partial charge is 0.305 e. The van der Waals surface area contributed by atoms with Gasteiger partial charge in [0.15, 0.2) is 0 Å². The van der Waals surface area contributed by atoms with Gasteiger partial charge in [0.2, 0.25) is 0 Å². The van der Waals surface area contributed by atoms with Crippen molar-refractivity contribution < 1.29 is 23.7 Å². The molecule has 0 saturated carbocycles. The number of ether oxygens (including phenoxy) is 4. The van der Waals surface area contributed by atoms with E-state index >= 15 is 0 Å². The van der Waals surface area contributed by atoms with Crippen molar-refractivity contribution in [3.05, 3.63) is 0 Å². The zero-order valence-electron chi connectivity index (χ0n) is 12.8. The molecular formula is C15H28O5. The number of methoxy groups -OCH3 is 1. The Labute approximate surface area is 121 Å². The molecule has 0 aromatic rings. The Kier molecular flexibility index (Phi) is 9.62. The summed E-state index contributed by atoms with van der Waals surface area (Å²) >= 11 is 0. The molecule has 0 aliphatic carbocycles. The fraction of sp³-hybridized carbons (Fsp3) is 0.933. The van der Waals surface area contributed by atoms with Gasteiger partial charge in [-0.1, -0.05) is 19.3 Å². The zero-order chi connectivity index (χ0) is 14.6. The second-order valence-corrected chi connectivity index (χ2v) is 5.13. The Morgan fingerprint density at radius 1 is 1.30 bits per heavy atom. The molecule has 0 bridgehead atoms. The van der Waals surface area contributed by atoms with Crippen molar-refractivity contribution in [1.29, 1.82) is 0 Å². The normalized spacial score (nSPS) is 18.8. The highest BCUT2D eigenvalue weighted by atomic mass is 16.7. The van der Waals surface area contributed by atoms with E-state index in [4.69, 9.17) is 18.9 Å². The molecule has 0 amide bonds. The Morgan fingerprint density at radius 2 is 2.10 bits per heavy atom. The molecule has 1 heterocycles. The molecule has 5 heteroatoms. The van der Waals surface area contributed by atoms with Crippen LogP contribution in [-0.2, 0) is 23.7 Å². The molecule has 0 unspecified atom stereocenters. The third kappa shape index (κ3) is 9.28. The summed E-state index contributed by atoms with van der Waals surface area (Å²) in [5, 5.41) is 0. The Bertz CT molecular complexity index is 253. The number of hydrogen-bond acceptors (Lipinski definition) is 5. The highest BCUT2D eigenvalue weighted by molar-refractivity contribution is 5.69. The first-order chi connectivity index (χ1) is 9.76. The van der Waals surface area contributed by atoms with Crippen LogP contribution in [0.1, 0.15) is 51.9 Å². The molecule has 2 atom stereocenters. The van der Waals surface area contributed by atoms with Gasteiger partial charge in [-0.15, -0.1) is 0 Å². The molecule has 118 valence electrons. The number of epoxide rings is 1. The second kappa shape index (κ2) is 11.1. The van der Waals surface area contributed by atoms with E-state index in [-0.39, 0.29) is 18.9 Å². The minimum atomic E-state index is -0.149. The average molecular weight is 288 g/mol. The zero-order valence-corrected chi connectivity index (χ0v) is 12.8. The van der Waals surface area contributed by atoms with Gasteiger partial charge in [-0.3, -0.25) is 4.79 Å². The minimum Gasteiger partial charge on any atom is -0.466 e. The molecule has 0 N–H and O–H groups in total. The van der Waals surface area contributed by atoms with Crippen LogP contribution in [-0.4, -0.2) is 45.3 Å². The van der Waals surface area contributed by atoms with E-state index < -0.39 is 0 Å². The first-order valence-electron chi connectivity index (χ1n) is 7.64. The number of hydrogen-bond donors (Lipinski definition) is 0. The van der Waals surface area contributed by atoms with Crippen molar-refractivity contribution in [2.45, 2.75) is 64.1 Å². The van der Waals surface area contributed by atoms with Crippen LogP contribution >= 0.6 is 0 Å². The topological polar surface area (TPSA) is 57.3 Å². The maximum Gasteiger partial charge on any atom is 0.305 e. The van der Waals surface area contributed by atoms with Crippen molar-refractivity contribution in [3.63, 3.8) is 0 Å². The molecule has 0 aromatic carbocycles. The summed E-state index contributed by atoms with van der Waals surface area (Å²) < 4.78 is 20.7. The molecule has 0 radical (unpaired) electrons. The Morgan fingerprint density at radius 3 is 2.75 bits per heavy atom. The summed E-state index contributed by atoms with van der Waals surface area (Å²) in [6.45, 7) is 3.48. The van der Waals surface area contributed by atoms with Gasteiger partial charge in [0.1, 0.15) is 6.79 Å². The third-order valence-corrected chi connectivity index (χ3v) is 3.35. The quantitative estimate of drug-likeness (QED) is 0.226. The molecule has 1 aliphatic heterocycles. The van der Waals surface area contributed by atoms with Gasteiger partial charge in [0.05, 0.1) is 25.4 Å². The molecule has 1 saturated heterocycles. The largest absolute Gasteiger partial charge is 0.466 e. The standard InChI is InChI=1S/C15H28O5/c1-3-18-15(16)10-9-13(20-12-17-2)7-5-4-6-8-14-11-19-14/h13-14H,3-12H2,1-2H3/t13-,14-/m1/s1. The molecule has 1 fully saturated rings. The summed E-state index contributed by atoms with van der Waals surface area (Å²) in [5.74, 6) is -0.149. The fourth-order valence-electron chi connectivity index (χ4n) is 2.14. The highest BCUT2D eigenvalue weighted by Crippen LogP contribution is 2.19. The molecule has 5 nitrogen and oxygen atoms in total. The Hall–Kier alpha value is -0.650. The monoisotopic (exact) mass is 288 g/mol. The summed E-state index contributed by atoms with van der Waals surface area (Å²) in [4.78, 5) is 11.4. The number of rotatable bonds is 13. The van der Waals surface area contributed by atoms with Crippen LogP contribution in [0.25, 0.3) is 0 Å². The highest BCUT2D eigenvalue weighted by Gasteiger charge is 2.21. The van der Waals surface area contributed by atoms with E-state index in [9.17, 15) is 4.79 Å². The van der Waals surface area contributed by atoms with Gasteiger partial charge in [0.25, 0.3) is 0 Å². The number of carbonyl (C=O) groups excluding carboxylic acids is 1. The predicted molar refractivity (Wildman–Crippen MR) is 75.4 cm³/mol. The molecule has 0 aromatic heterocycles. The summed E-state index contributed by atoms with van der Waals surface area (Å²) in [5.41, 5.74) is 0. The van der Waals surface area contributed by atoms with Gasteiger partial charge < -0.3 is 18.9 Å². The van der Waals surface area contributed by atoms with Gasteiger partial charge >= 0.3 is 5.97 Å². The van der Waals surface area contributed by atoms with Crippen LogP contribution in [0.4, 0.5) is 0 Å². The van der Waals surface area contributed by atoms with Crippen molar-refractivity contribution in [3.8, 4) is 0 Å². The molecular weight excluding hydrogens is 260 g/mol. The fourth-order valence-corrected chi connectivity index (χ4v) is 2.14. The van der Waals surface area contributed by atoms with Crippen molar-refractivity contribution in [1.82, 2.24) is 0 Å². The third-order valence-electron chi connectivity index (χ3n) is 3.35. The van der Waals surface area contributed by atoms with Gasteiger partial charge in [-0.25, -0.2) is 0 Å². The lowest BCUT2D eigenvalue weighted by atomic mass is 10.0. The van der Waals surface area contributed by atoms with Crippen molar-refractivity contribution >= 4 is 5.97 Å². The number of carbonyl (C=O) groups is 1. The van der Waals surface area contributed by atoms with Crippen LogP contribution in [0.15, 0.2) is 0 Å². The van der Waals surface area contributed by atoms with Crippen molar-refractivity contribution in [2.24, 2.45) is 0 Å². The van der Waals surface area contributed by atoms with E-state index in [2.05, 4.69) is 0 Å². The van der Waals surface area contributed by atoms with E-state index in [1.54, 1.807) is 7.11 Å². The lowest BCUT2D eigenvalue weighted by molar-refractivity contribution is -0.144. The van der Waals surface area contributed by atoms with E-state index in [0.29, 0.717) is 25.6 Å². The van der Waals surface area contributed by atoms with Gasteiger partial charge in [0, 0.05) is 13.5 Å². The summed E-state index contributed by atoms with van der Waals surface area (Å²) in [7, 11) is 1.61. The Balaban J connectivity index is 2.07. The predicted octanol–water partition coefficient (Wildman–Crippen LogP) is 2.67. The lowest BCUT2D eigenvalue weighted by Gasteiger charge is -2.17. The van der Waals surface area contributed by atoms with E-state index in [0.717, 1.165) is 19.4 Å². The molecule has 0 spiro atoms. The number of esters is 1. The maximum atomic E-state index is 11.4. The van der Waals surface area contributed by atoms with E-state index in [1.165, 1.54) is 19.3 Å². The summed E-state index contributed by atoms with van der Waals surface area (Å²) in [6.07, 6.45) is 7.37. The first-order valence-corrected chi connectivity index (χ1v) is 7.64. The average Bonchev–Trinajstić information content (AvgIpc) is 3.25. The molecule has 20 heavy (non-hydrogen) atoms. The van der Waals surface area contributed by atoms with Crippen LogP contribution in [0.3, 0.4) is 0 Å². The van der Waals surface area contributed by atoms with Crippen LogP contribution in [0.2, 0.25) is 0 Å². The van der Waals surface area contributed by atoms with Crippen LogP contribution in [0.5, 0.6) is 0 Å². The van der Waals surface area contributed by atoms with Gasteiger partial charge in [-0.05, 0) is 26.2 Å².